The van der Waals surface area contributed by atoms with Crippen molar-refractivity contribution in [1.29, 1.82) is 0 Å². The molecule has 0 saturated carbocycles. The van der Waals surface area contributed by atoms with Crippen molar-refractivity contribution in [2.45, 2.75) is 13.5 Å². The zero-order valence-electron chi connectivity index (χ0n) is 11.5. The number of imidazole rings is 1. The topological polar surface area (TPSA) is 83.8 Å². The molecule has 0 aliphatic rings. The summed E-state index contributed by atoms with van der Waals surface area (Å²) in [6, 6.07) is 12.5. The molecule has 1 aromatic heterocycles. The van der Waals surface area contributed by atoms with Crippen molar-refractivity contribution in [1.82, 2.24) is 9.97 Å². The third kappa shape index (κ3) is 2.84. The third-order valence-corrected chi connectivity index (χ3v) is 3.24. The van der Waals surface area contributed by atoms with Crippen molar-refractivity contribution in [2.24, 2.45) is 0 Å². The van der Waals surface area contributed by atoms with Crippen LogP contribution in [0.4, 0.5) is 11.6 Å². The molecule has 6 nitrogen and oxygen atoms in total. The average Bonchev–Trinajstić information content (AvgIpc) is 2.87. The predicted molar refractivity (Wildman–Crippen MR) is 81.3 cm³/mol. The Kier molecular flexibility index (Phi) is 3.27. The lowest BCUT2D eigenvalue weighted by molar-refractivity contribution is -0.384. The lowest BCUT2D eigenvalue weighted by Crippen LogP contribution is -2.00. The maximum Gasteiger partial charge on any atom is 0.269 e. The van der Waals surface area contributed by atoms with E-state index in [1.807, 2.05) is 25.1 Å². The number of nitro groups is 1. The summed E-state index contributed by atoms with van der Waals surface area (Å²) in [4.78, 5) is 17.8. The Morgan fingerprint density at radius 1 is 1.24 bits per heavy atom. The summed E-state index contributed by atoms with van der Waals surface area (Å²) in [7, 11) is 0. The number of hydrogen-bond acceptors (Lipinski definition) is 4. The molecule has 2 aromatic carbocycles. The first-order valence-electron chi connectivity index (χ1n) is 6.55. The van der Waals surface area contributed by atoms with E-state index in [1.165, 1.54) is 17.7 Å². The molecule has 2 N–H and O–H groups in total. The van der Waals surface area contributed by atoms with Crippen molar-refractivity contribution >= 4 is 22.7 Å². The van der Waals surface area contributed by atoms with Crippen molar-refractivity contribution in [3.63, 3.8) is 0 Å². The molecule has 21 heavy (non-hydrogen) atoms. The van der Waals surface area contributed by atoms with Crippen molar-refractivity contribution in [2.75, 3.05) is 5.32 Å². The molecular formula is C15H14N4O2. The molecule has 0 radical (unpaired) electrons. The third-order valence-electron chi connectivity index (χ3n) is 3.24. The number of aromatic amines is 1. The van der Waals surface area contributed by atoms with Crippen molar-refractivity contribution in [3.05, 3.63) is 63.7 Å². The van der Waals surface area contributed by atoms with E-state index >= 15 is 0 Å². The molecule has 0 aliphatic carbocycles. The SMILES string of the molecule is Cc1ccc2nc(NCc3ccc([N+](=O)[O-])cc3)[nH]c2c1. The van der Waals surface area contributed by atoms with Gasteiger partial charge in [0.15, 0.2) is 0 Å². The van der Waals surface area contributed by atoms with Crippen LogP contribution in [0.1, 0.15) is 11.1 Å². The highest BCUT2D eigenvalue weighted by molar-refractivity contribution is 5.78. The second kappa shape index (κ2) is 5.24. The minimum absolute atomic E-state index is 0.0953. The van der Waals surface area contributed by atoms with E-state index in [4.69, 9.17) is 0 Å². The van der Waals surface area contributed by atoms with E-state index in [1.54, 1.807) is 12.1 Å². The minimum Gasteiger partial charge on any atom is -0.352 e. The van der Waals surface area contributed by atoms with Crippen LogP contribution in [-0.2, 0) is 6.54 Å². The largest absolute Gasteiger partial charge is 0.352 e. The van der Waals surface area contributed by atoms with Crippen molar-refractivity contribution in [3.8, 4) is 0 Å². The van der Waals surface area contributed by atoms with Gasteiger partial charge in [-0.3, -0.25) is 10.1 Å². The number of hydrogen-bond donors (Lipinski definition) is 2. The van der Waals surface area contributed by atoms with Crippen LogP contribution in [0, 0.1) is 17.0 Å². The minimum atomic E-state index is -0.404. The molecular weight excluding hydrogens is 268 g/mol. The molecule has 106 valence electrons. The van der Waals surface area contributed by atoms with Crippen LogP contribution in [0.3, 0.4) is 0 Å². The second-order valence-corrected chi connectivity index (χ2v) is 4.88. The molecule has 1 heterocycles. The van der Waals surface area contributed by atoms with Gasteiger partial charge in [-0.15, -0.1) is 0 Å². The predicted octanol–water partition coefficient (Wildman–Crippen LogP) is 3.39. The maximum atomic E-state index is 10.6. The molecule has 0 spiro atoms. The summed E-state index contributed by atoms with van der Waals surface area (Å²) in [6.45, 7) is 2.58. The van der Waals surface area contributed by atoms with E-state index in [2.05, 4.69) is 15.3 Å². The number of fused-ring (bicyclic) bond motifs is 1. The van der Waals surface area contributed by atoms with Gasteiger partial charge in [-0.25, -0.2) is 4.98 Å². The molecule has 0 saturated heterocycles. The lowest BCUT2D eigenvalue weighted by Gasteiger charge is -2.02. The number of benzene rings is 2. The maximum absolute atomic E-state index is 10.6. The molecule has 0 atom stereocenters. The zero-order chi connectivity index (χ0) is 14.8. The van der Waals surface area contributed by atoms with Crippen molar-refractivity contribution < 1.29 is 4.92 Å². The van der Waals surface area contributed by atoms with E-state index in [-0.39, 0.29) is 5.69 Å². The first kappa shape index (κ1) is 13.1. The van der Waals surface area contributed by atoms with Crippen LogP contribution in [0.15, 0.2) is 42.5 Å². The summed E-state index contributed by atoms with van der Waals surface area (Å²) in [5, 5.41) is 13.8. The Balaban J connectivity index is 1.72. The summed E-state index contributed by atoms with van der Waals surface area (Å²) in [5.41, 5.74) is 4.12. The lowest BCUT2D eigenvalue weighted by atomic mass is 10.2. The van der Waals surface area contributed by atoms with E-state index in [0.717, 1.165) is 16.6 Å². The van der Waals surface area contributed by atoms with Crippen LogP contribution in [0.5, 0.6) is 0 Å². The number of non-ortho nitro benzene ring substituents is 1. The number of nitro benzene ring substituents is 1. The molecule has 0 bridgehead atoms. The fourth-order valence-electron chi connectivity index (χ4n) is 2.13. The summed E-state index contributed by atoms with van der Waals surface area (Å²) in [5.74, 6) is 0.689. The average molecular weight is 282 g/mol. The number of anilines is 1. The normalized spacial score (nSPS) is 10.7. The first-order chi connectivity index (χ1) is 10.1. The number of aryl methyl sites for hydroxylation is 1. The van der Waals surface area contributed by atoms with E-state index < -0.39 is 4.92 Å². The molecule has 6 heteroatoms. The zero-order valence-corrected chi connectivity index (χ0v) is 11.5. The van der Waals surface area contributed by atoms with Crippen LogP contribution in [-0.4, -0.2) is 14.9 Å². The molecule has 0 unspecified atom stereocenters. The molecule has 3 rings (SSSR count). The van der Waals surface area contributed by atoms with Crippen LogP contribution >= 0.6 is 0 Å². The summed E-state index contributed by atoms with van der Waals surface area (Å²) < 4.78 is 0. The van der Waals surface area contributed by atoms with Gasteiger partial charge in [-0.2, -0.15) is 0 Å². The van der Waals surface area contributed by atoms with Gasteiger partial charge >= 0.3 is 0 Å². The van der Waals surface area contributed by atoms with Crippen LogP contribution in [0.2, 0.25) is 0 Å². The quantitative estimate of drug-likeness (QED) is 0.567. The Bertz CT molecular complexity index is 793. The van der Waals surface area contributed by atoms with Gasteiger partial charge in [-0.1, -0.05) is 18.2 Å². The second-order valence-electron chi connectivity index (χ2n) is 4.88. The van der Waals surface area contributed by atoms with Gasteiger partial charge in [0.05, 0.1) is 16.0 Å². The highest BCUT2D eigenvalue weighted by Gasteiger charge is 2.05. The Hall–Kier alpha value is -2.89. The standard InChI is InChI=1S/C15H14N4O2/c1-10-2-7-13-14(8-10)18-15(17-13)16-9-11-3-5-12(6-4-11)19(20)21/h2-8H,9H2,1H3,(H2,16,17,18). The molecule has 3 aromatic rings. The highest BCUT2D eigenvalue weighted by Crippen LogP contribution is 2.17. The van der Waals surface area contributed by atoms with Crippen LogP contribution < -0.4 is 5.32 Å². The molecule has 0 fully saturated rings. The summed E-state index contributed by atoms with van der Waals surface area (Å²) >= 11 is 0. The fraction of sp³-hybridized carbons (Fsp3) is 0.133. The fourth-order valence-corrected chi connectivity index (χ4v) is 2.13. The number of nitrogens with zero attached hydrogens (tertiary/aromatic N) is 2. The number of nitrogens with one attached hydrogen (secondary N) is 2. The Morgan fingerprint density at radius 3 is 2.71 bits per heavy atom. The van der Waals surface area contributed by atoms with E-state index in [9.17, 15) is 10.1 Å². The number of aromatic nitrogens is 2. The van der Waals surface area contributed by atoms with Gasteiger partial charge in [0.25, 0.3) is 5.69 Å². The van der Waals surface area contributed by atoms with Gasteiger partial charge in [-0.05, 0) is 30.2 Å². The number of H-pyrrole nitrogens is 1. The van der Waals surface area contributed by atoms with Gasteiger partial charge in [0.2, 0.25) is 5.95 Å². The van der Waals surface area contributed by atoms with Gasteiger partial charge in [0.1, 0.15) is 0 Å². The first-order valence-corrected chi connectivity index (χ1v) is 6.55. The smallest absolute Gasteiger partial charge is 0.269 e. The van der Waals surface area contributed by atoms with Gasteiger partial charge in [0, 0.05) is 18.7 Å². The summed E-state index contributed by atoms with van der Waals surface area (Å²) in [6.07, 6.45) is 0. The highest BCUT2D eigenvalue weighted by atomic mass is 16.6. The number of rotatable bonds is 4. The molecule has 0 amide bonds. The Labute approximate surface area is 121 Å². The Morgan fingerprint density at radius 2 is 2.00 bits per heavy atom. The molecule has 0 aliphatic heterocycles. The monoisotopic (exact) mass is 282 g/mol. The van der Waals surface area contributed by atoms with Gasteiger partial charge < -0.3 is 10.3 Å². The van der Waals surface area contributed by atoms with Crippen LogP contribution in [0.25, 0.3) is 11.0 Å². The van der Waals surface area contributed by atoms with E-state index in [0.29, 0.717) is 12.5 Å².